The smallest absolute Gasteiger partial charge is 0.406 e. The first-order valence-electron chi connectivity index (χ1n) is 9.11. The molecule has 6 nitrogen and oxygen atoms in total. The Morgan fingerprint density at radius 2 is 1.82 bits per heavy atom. The summed E-state index contributed by atoms with van der Waals surface area (Å²) in [4.78, 5) is 14.4. The van der Waals surface area contributed by atoms with E-state index in [0.717, 1.165) is 12.1 Å². The fourth-order valence-corrected chi connectivity index (χ4v) is 5.71. The van der Waals surface area contributed by atoms with Crippen molar-refractivity contribution < 1.29 is 31.1 Å². The molecule has 0 unspecified atom stereocenters. The highest BCUT2D eigenvalue weighted by atomic mass is 32.2. The lowest BCUT2D eigenvalue weighted by molar-refractivity contribution is -0.274. The van der Waals surface area contributed by atoms with E-state index in [2.05, 4.69) is 4.74 Å². The van der Waals surface area contributed by atoms with Crippen LogP contribution in [0.25, 0.3) is 0 Å². The molecule has 2 aliphatic rings. The zero-order valence-electron chi connectivity index (χ0n) is 15.6. The predicted molar refractivity (Wildman–Crippen MR) is 97.3 cm³/mol. The van der Waals surface area contributed by atoms with Crippen LogP contribution in [0.5, 0.6) is 5.75 Å². The number of hydrogen-bond donors (Lipinski definition) is 0. The minimum atomic E-state index is -4.77. The third kappa shape index (κ3) is 4.60. The van der Waals surface area contributed by atoms with Crippen molar-refractivity contribution in [2.75, 3.05) is 30.3 Å². The number of nitrogens with zero attached hydrogens (tertiary/aromatic N) is 2. The molecular weight excluding hydrogens is 397 g/mol. The first-order chi connectivity index (χ1) is 13.0. The van der Waals surface area contributed by atoms with Crippen molar-refractivity contribution in [1.82, 2.24) is 4.31 Å². The summed E-state index contributed by atoms with van der Waals surface area (Å²) in [6, 6.07) is 5.13. The molecular formula is C18H23F3N2O4S. The van der Waals surface area contributed by atoms with Gasteiger partial charge in [-0.2, -0.15) is 0 Å². The monoisotopic (exact) mass is 420 g/mol. The molecule has 3 rings (SSSR count). The van der Waals surface area contributed by atoms with Crippen molar-refractivity contribution in [1.29, 1.82) is 0 Å². The van der Waals surface area contributed by atoms with Crippen molar-refractivity contribution in [3.05, 3.63) is 24.3 Å². The van der Waals surface area contributed by atoms with Crippen LogP contribution in [0, 0.1) is 17.8 Å². The van der Waals surface area contributed by atoms with Gasteiger partial charge in [-0.15, -0.1) is 13.2 Å². The second kappa shape index (κ2) is 7.55. The van der Waals surface area contributed by atoms with E-state index in [1.54, 1.807) is 0 Å². The van der Waals surface area contributed by atoms with Crippen LogP contribution in [0.2, 0.25) is 0 Å². The summed E-state index contributed by atoms with van der Waals surface area (Å²) >= 11 is 0. The number of alkyl halides is 3. The van der Waals surface area contributed by atoms with Crippen LogP contribution >= 0.6 is 0 Å². The molecule has 28 heavy (non-hydrogen) atoms. The summed E-state index contributed by atoms with van der Waals surface area (Å²) in [7, 11) is -3.41. The molecule has 0 radical (unpaired) electrons. The number of sulfonamides is 1. The van der Waals surface area contributed by atoms with Crippen molar-refractivity contribution in [2.24, 2.45) is 17.8 Å². The SMILES string of the molecule is CC(C)CS(=O)(=O)N1C[C@@H]2CCN(c3ccc(OC(F)(F)F)cc3)C(=O)[C@@H]2C1. The van der Waals surface area contributed by atoms with Crippen LogP contribution < -0.4 is 9.64 Å². The fraction of sp³-hybridized carbons (Fsp3) is 0.611. The molecule has 1 aromatic rings. The Hall–Kier alpha value is -1.81. The molecule has 1 amide bonds. The van der Waals surface area contributed by atoms with E-state index in [4.69, 9.17) is 0 Å². The number of halogens is 3. The molecule has 10 heteroatoms. The summed E-state index contributed by atoms with van der Waals surface area (Å²) in [5.41, 5.74) is 0.474. The van der Waals surface area contributed by atoms with Gasteiger partial charge in [0.05, 0.1) is 11.7 Å². The van der Waals surface area contributed by atoms with E-state index in [1.807, 2.05) is 13.8 Å². The van der Waals surface area contributed by atoms with Gasteiger partial charge >= 0.3 is 6.36 Å². The van der Waals surface area contributed by atoms with Crippen LogP contribution in [0.3, 0.4) is 0 Å². The van der Waals surface area contributed by atoms with Crippen LogP contribution in [0.4, 0.5) is 18.9 Å². The first-order valence-corrected chi connectivity index (χ1v) is 10.7. The van der Waals surface area contributed by atoms with Crippen LogP contribution in [-0.4, -0.2) is 50.4 Å². The highest BCUT2D eigenvalue weighted by molar-refractivity contribution is 7.89. The van der Waals surface area contributed by atoms with Gasteiger partial charge in [-0.05, 0) is 42.5 Å². The number of ether oxygens (including phenoxy) is 1. The Morgan fingerprint density at radius 1 is 1.18 bits per heavy atom. The molecule has 1 aromatic carbocycles. The van der Waals surface area contributed by atoms with E-state index in [1.165, 1.54) is 21.3 Å². The van der Waals surface area contributed by atoms with E-state index in [0.29, 0.717) is 25.2 Å². The molecule has 0 bridgehead atoms. The lowest BCUT2D eigenvalue weighted by atomic mass is 9.87. The van der Waals surface area contributed by atoms with Crippen molar-refractivity contribution in [3.8, 4) is 5.75 Å². The average molecular weight is 420 g/mol. The highest BCUT2D eigenvalue weighted by Gasteiger charge is 2.46. The first kappa shape index (κ1) is 20.9. The molecule has 0 saturated carbocycles. The number of hydrogen-bond acceptors (Lipinski definition) is 4. The van der Waals surface area contributed by atoms with Gasteiger partial charge in [0.1, 0.15) is 5.75 Å². The van der Waals surface area contributed by atoms with Crippen molar-refractivity contribution >= 4 is 21.6 Å². The molecule has 0 aliphatic carbocycles. The van der Waals surface area contributed by atoms with Gasteiger partial charge in [0.25, 0.3) is 0 Å². The Balaban J connectivity index is 1.71. The lowest BCUT2D eigenvalue weighted by Crippen LogP contribution is -2.45. The standard InChI is InChI=1S/C18H23F3N2O4S/c1-12(2)11-28(25,26)22-9-13-7-8-23(17(24)16(13)10-22)14-3-5-15(6-4-14)27-18(19,20)21/h3-6,12-13,16H,7-11H2,1-2H3/t13-,16+/m0/s1. The number of piperidine rings is 1. The van der Waals surface area contributed by atoms with E-state index in [9.17, 15) is 26.4 Å². The lowest BCUT2D eigenvalue weighted by Gasteiger charge is -2.33. The molecule has 0 aromatic heterocycles. The normalized spacial score (nSPS) is 23.9. The van der Waals surface area contributed by atoms with Crippen molar-refractivity contribution in [3.63, 3.8) is 0 Å². The molecule has 2 fully saturated rings. The maximum absolute atomic E-state index is 12.9. The molecule has 0 N–H and O–H groups in total. The third-order valence-corrected chi connectivity index (χ3v) is 7.21. The van der Waals surface area contributed by atoms with E-state index >= 15 is 0 Å². The maximum Gasteiger partial charge on any atom is 0.573 e. The number of fused-ring (bicyclic) bond motifs is 1. The van der Waals surface area contributed by atoms with Gasteiger partial charge in [0, 0.05) is 25.3 Å². The van der Waals surface area contributed by atoms with Crippen molar-refractivity contribution in [2.45, 2.75) is 26.6 Å². The number of carbonyl (C=O) groups excluding carboxylic acids is 1. The Kier molecular flexibility index (Phi) is 5.64. The zero-order valence-corrected chi connectivity index (χ0v) is 16.5. The zero-order chi connectivity index (χ0) is 20.7. The third-order valence-electron chi connectivity index (χ3n) is 5.03. The molecule has 0 spiro atoms. The molecule has 2 saturated heterocycles. The second-order valence-corrected chi connectivity index (χ2v) is 9.69. The Bertz CT molecular complexity index is 824. The fourth-order valence-electron chi connectivity index (χ4n) is 3.85. The number of amides is 1. The quantitative estimate of drug-likeness (QED) is 0.735. The molecule has 2 heterocycles. The average Bonchev–Trinajstić information content (AvgIpc) is 3.00. The predicted octanol–water partition coefficient (Wildman–Crippen LogP) is 2.86. The van der Waals surface area contributed by atoms with Gasteiger partial charge in [0.15, 0.2) is 0 Å². The van der Waals surface area contributed by atoms with E-state index in [-0.39, 0.29) is 35.8 Å². The molecule has 2 atom stereocenters. The topological polar surface area (TPSA) is 66.9 Å². The van der Waals surface area contributed by atoms with Gasteiger partial charge in [-0.3, -0.25) is 4.79 Å². The highest BCUT2D eigenvalue weighted by Crippen LogP contribution is 2.36. The summed E-state index contributed by atoms with van der Waals surface area (Å²) in [5.74, 6) is -0.962. The summed E-state index contributed by atoms with van der Waals surface area (Å²) in [6.45, 7) is 4.57. The minimum Gasteiger partial charge on any atom is -0.406 e. The summed E-state index contributed by atoms with van der Waals surface area (Å²) in [6.07, 6.45) is -4.13. The van der Waals surface area contributed by atoms with Gasteiger partial charge in [-0.1, -0.05) is 13.8 Å². The largest absolute Gasteiger partial charge is 0.573 e. The van der Waals surface area contributed by atoms with Gasteiger partial charge in [0.2, 0.25) is 15.9 Å². The number of anilines is 1. The van der Waals surface area contributed by atoms with Crippen LogP contribution in [0.1, 0.15) is 20.3 Å². The van der Waals surface area contributed by atoms with Crippen LogP contribution in [-0.2, 0) is 14.8 Å². The van der Waals surface area contributed by atoms with Gasteiger partial charge in [-0.25, -0.2) is 12.7 Å². The number of rotatable bonds is 5. The summed E-state index contributed by atoms with van der Waals surface area (Å²) in [5, 5.41) is 0. The Morgan fingerprint density at radius 3 is 2.39 bits per heavy atom. The minimum absolute atomic E-state index is 0.00254. The Labute approximate surface area is 162 Å². The molecule has 2 aliphatic heterocycles. The van der Waals surface area contributed by atoms with Gasteiger partial charge < -0.3 is 9.64 Å². The van der Waals surface area contributed by atoms with Crippen LogP contribution in [0.15, 0.2) is 24.3 Å². The molecule has 156 valence electrons. The maximum atomic E-state index is 12.9. The number of benzene rings is 1. The second-order valence-electron chi connectivity index (χ2n) is 7.68. The summed E-state index contributed by atoms with van der Waals surface area (Å²) < 4.78 is 67.1. The van der Waals surface area contributed by atoms with E-state index < -0.39 is 22.3 Å². The number of carbonyl (C=O) groups is 1.